The van der Waals surface area contributed by atoms with E-state index >= 15 is 0 Å². The number of nitrogens with one attached hydrogen (secondary N) is 3. The lowest BCUT2D eigenvalue weighted by molar-refractivity contribution is 0.310. The van der Waals surface area contributed by atoms with Crippen molar-refractivity contribution in [2.75, 3.05) is 30.5 Å². The topological polar surface area (TPSA) is 103 Å². The molecule has 0 aliphatic carbocycles. The van der Waals surface area contributed by atoms with Crippen molar-refractivity contribution in [2.24, 2.45) is 0 Å². The third kappa shape index (κ3) is 4.38. The first-order valence-corrected chi connectivity index (χ1v) is 11.3. The molecule has 0 saturated heterocycles. The number of anilines is 4. The highest BCUT2D eigenvalue weighted by Crippen LogP contribution is 2.28. The van der Waals surface area contributed by atoms with E-state index in [1.807, 2.05) is 25.2 Å². The van der Waals surface area contributed by atoms with Crippen LogP contribution in [0.2, 0.25) is 5.02 Å². The number of H-pyrrole nitrogens is 1. The molecule has 1 unspecified atom stereocenters. The number of aromatic amines is 1. The first-order chi connectivity index (χ1) is 14.4. The summed E-state index contributed by atoms with van der Waals surface area (Å²) in [6.45, 7) is 1.68. The van der Waals surface area contributed by atoms with Crippen molar-refractivity contribution in [3.63, 3.8) is 0 Å². The molecule has 0 amide bonds. The lowest BCUT2D eigenvalue weighted by atomic mass is 10.1. The molecule has 30 heavy (non-hydrogen) atoms. The van der Waals surface area contributed by atoms with E-state index < -0.39 is 10.8 Å². The maximum atomic E-state index is 12.5. The number of fused-ring (bicyclic) bond motifs is 1. The predicted octanol–water partition coefficient (Wildman–Crippen LogP) is 3.03. The summed E-state index contributed by atoms with van der Waals surface area (Å²) < 4.78 is 12.0. The molecule has 4 rings (SSSR count). The number of para-hydroxylation sites is 1. The van der Waals surface area contributed by atoms with Crippen LogP contribution in [0.3, 0.4) is 0 Å². The summed E-state index contributed by atoms with van der Waals surface area (Å²) in [5.41, 5.74) is 2.81. The average molecular weight is 445 g/mol. The van der Waals surface area contributed by atoms with E-state index in [2.05, 4.69) is 30.5 Å². The minimum atomic E-state index is -1.18. The van der Waals surface area contributed by atoms with Crippen LogP contribution in [-0.2, 0) is 23.8 Å². The van der Waals surface area contributed by atoms with Gasteiger partial charge in [0.1, 0.15) is 10.7 Å². The quantitative estimate of drug-likeness (QED) is 0.555. The molecule has 0 fully saturated rings. The standard InChI is InChI=1S/C20H21ClN6O2S/c1-27-8-7-14-12(11-27)9-16(19(28)24-14)25-20-22-10-13(21)18(26-20)23-15-5-3-4-6-17(15)30(2)29/h3-6,9-10H,7-8,11H2,1-2H3,(H,24,28)(H2,22,23,25,26). The summed E-state index contributed by atoms with van der Waals surface area (Å²) in [6, 6.07) is 9.06. The van der Waals surface area contributed by atoms with Crippen LogP contribution in [0, 0.1) is 0 Å². The second-order valence-electron chi connectivity index (χ2n) is 7.09. The van der Waals surface area contributed by atoms with Crippen molar-refractivity contribution in [1.82, 2.24) is 19.9 Å². The molecule has 0 spiro atoms. The monoisotopic (exact) mass is 444 g/mol. The van der Waals surface area contributed by atoms with Gasteiger partial charge >= 0.3 is 0 Å². The third-order valence-corrected chi connectivity index (χ3v) is 6.09. The first-order valence-electron chi connectivity index (χ1n) is 9.33. The Hall–Kier alpha value is -2.75. The van der Waals surface area contributed by atoms with Crippen LogP contribution in [0.1, 0.15) is 11.3 Å². The van der Waals surface area contributed by atoms with Crippen LogP contribution < -0.4 is 16.2 Å². The van der Waals surface area contributed by atoms with Gasteiger partial charge < -0.3 is 20.5 Å². The number of rotatable bonds is 5. The van der Waals surface area contributed by atoms with Gasteiger partial charge in [-0.15, -0.1) is 0 Å². The minimum absolute atomic E-state index is 0.224. The van der Waals surface area contributed by atoms with E-state index in [9.17, 15) is 9.00 Å². The Morgan fingerprint density at radius 1 is 1.23 bits per heavy atom. The molecule has 0 saturated carbocycles. The van der Waals surface area contributed by atoms with Crippen LogP contribution in [0.15, 0.2) is 46.2 Å². The number of benzene rings is 1. The molecule has 156 valence electrons. The molecular formula is C20H21ClN6O2S. The summed E-state index contributed by atoms with van der Waals surface area (Å²) in [6.07, 6.45) is 3.87. The van der Waals surface area contributed by atoms with Gasteiger partial charge in [-0.3, -0.25) is 9.00 Å². The maximum Gasteiger partial charge on any atom is 0.271 e. The van der Waals surface area contributed by atoms with Gasteiger partial charge in [-0.2, -0.15) is 4.98 Å². The molecule has 3 heterocycles. The molecular weight excluding hydrogens is 424 g/mol. The molecule has 1 atom stereocenters. The van der Waals surface area contributed by atoms with E-state index in [4.69, 9.17) is 11.6 Å². The van der Waals surface area contributed by atoms with Crippen LogP contribution in [-0.4, -0.2) is 43.9 Å². The summed E-state index contributed by atoms with van der Waals surface area (Å²) >= 11 is 6.26. The minimum Gasteiger partial charge on any atom is -0.338 e. The maximum absolute atomic E-state index is 12.5. The zero-order valence-electron chi connectivity index (χ0n) is 16.5. The van der Waals surface area contributed by atoms with E-state index in [0.717, 1.165) is 30.8 Å². The van der Waals surface area contributed by atoms with E-state index in [1.165, 1.54) is 6.20 Å². The summed E-state index contributed by atoms with van der Waals surface area (Å²) in [5.74, 6) is 0.577. The fourth-order valence-corrected chi connectivity index (χ4v) is 4.16. The van der Waals surface area contributed by atoms with E-state index in [-0.39, 0.29) is 11.5 Å². The van der Waals surface area contributed by atoms with E-state index in [1.54, 1.807) is 18.4 Å². The molecule has 3 aromatic rings. The first kappa shape index (κ1) is 20.5. The zero-order valence-corrected chi connectivity index (χ0v) is 18.1. The van der Waals surface area contributed by atoms with Crippen LogP contribution in [0.5, 0.6) is 0 Å². The van der Waals surface area contributed by atoms with Gasteiger partial charge in [-0.25, -0.2) is 4.98 Å². The number of halogens is 1. The summed E-state index contributed by atoms with van der Waals surface area (Å²) in [7, 11) is 0.865. The lowest BCUT2D eigenvalue weighted by Gasteiger charge is -2.24. The Morgan fingerprint density at radius 3 is 2.83 bits per heavy atom. The highest BCUT2D eigenvalue weighted by Gasteiger charge is 2.17. The van der Waals surface area contributed by atoms with Crippen LogP contribution >= 0.6 is 11.6 Å². The average Bonchev–Trinajstić information content (AvgIpc) is 2.71. The Kier molecular flexibility index (Phi) is 5.85. The smallest absolute Gasteiger partial charge is 0.271 e. The van der Waals surface area contributed by atoms with Crippen molar-refractivity contribution >= 4 is 45.5 Å². The number of hydrogen-bond donors (Lipinski definition) is 3. The van der Waals surface area contributed by atoms with Gasteiger partial charge in [0.05, 0.1) is 27.6 Å². The lowest BCUT2D eigenvalue weighted by Crippen LogP contribution is -2.29. The number of nitrogens with zero attached hydrogens (tertiary/aromatic N) is 3. The Bertz CT molecular complexity index is 1180. The second-order valence-corrected chi connectivity index (χ2v) is 8.85. The second kappa shape index (κ2) is 8.55. The Morgan fingerprint density at radius 2 is 2.03 bits per heavy atom. The molecule has 1 aliphatic rings. The highest BCUT2D eigenvalue weighted by molar-refractivity contribution is 7.84. The normalized spacial score (nSPS) is 14.8. The van der Waals surface area contributed by atoms with Gasteiger partial charge in [-0.05, 0) is 30.8 Å². The van der Waals surface area contributed by atoms with Gasteiger partial charge in [-0.1, -0.05) is 23.7 Å². The Balaban J connectivity index is 1.63. The highest BCUT2D eigenvalue weighted by atomic mass is 35.5. The van der Waals surface area contributed by atoms with E-state index in [0.29, 0.717) is 27.1 Å². The molecule has 2 aromatic heterocycles. The number of likely N-dealkylation sites (N-methyl/N-ethyl adjacent to an activating group) is 1. The molecule has 10 heteroatoms. The summed E-state index contributed by atoms with van der Waals surface area (Å²) in [4.78, 5) is 26.8. The third-order valence-electron chi connectivity index (χ3n) is 4.84. The van der Waals surface area contributed by atoms with Crippen molar-refractivity contribution in [2.45, 2.75) is 17.9 Å². The molecule has 1 aromatic carbocycles. The Labute approximate surface area is 181 Å². The fraction of sp³-hybridized carbons (Fsp3) is 0.250. The van der Waals surface area contributed by atoms with Gasteiger partial charge in [0.2, 0.25) is 5.95 Å². The molecule has 0 bridgehead atoms. The summed E-state index contributed by atoms with van der Waals surface area (Å²) in [5, 5.41) is 6.40. The SMILES string of the molecule is CN1CCc2[nH]c(=O)c(Nc3ncc(Cl)c(Nc4ccccc4S(C)=O)n3)cc2C1. The molecule has 1 aliphatic heterocycles. The van der Waals surface area contributed by atoms with Crippen molar-refractivity contribution < 1.29 is 4.21 Å². The number of pyridine rings is 1. The van der Waals surface area contributed by atoms with Crippen LogP contribution in [0.25, 0.3) is 0 Å². The molecule has 3 N–H and O–H groups in total. The number of hydrogen-bond acceptors (Lipinski definition) is 7. The van der Waals surface area contributed by atoms with Crippen molar-refractivity contribution in [3.8, 4) is 0 Å². The molecule has 8 nitrogen and oxygen atoms in total. The van der Waals surface area contributed by atoms with Gasteiger partial charge in [0, 0.05) is 31.5 Å². The van der Waals surface area contributed by atoms with Gasteiger partial charge in [0.15, 0.2) is 5.82 Å². The van der Waals surface area contributed by atoms with Crippen LogP contribution in [0.4, 0.5) is 23.1 Å². The molecule has 0 radical (unpaired) electrons. The van der Waals surface area contributed by atoms with Gasteiger partial charge in [0.25, 0.3) is 5.56 Å². The largest absolute Gasteiger partial charge is 0.338 e. The number of aromatic nitrogens is 3. The fourth-order valence-electron chi connectivity index (χ4n) is 3.32. The van der Waals surface area contributed by atoms with Crippen molar-refractivity contribution in [1.29, 1.82) is 0 Å². The predicted molar refractivity (Wildman–Crippen MR) is 119 cm³/mol. The zero-order chi connectivity index (χ0) is 21.3. The van der Waals surface area contributed by atoms with Crippen molar-refractivity contribution in [3.05, 3.63) is 63.2 Å².